The van der Waals surface area contributed by atoms with Crippen LogP contribution in [0.15, 0.2) is 42.5 Å². The zero-order valence-electron chi connectivity index (χ0n) is 10.5. The average Bonchev–Trinajstić information content (AvgIpc) is 2.41. The molecule has 0 atom stereocenters. The molecule has 0 aliphatic rings. The van der Waals surface area contributed by atoms with Crippen molar-refractivity contribution in [2.75, 3.05) is 0 Å². The number of benzene rings is 2. The maximum absolute atomic E-state index is 11.0. The largest absolute Gasteiger partial charge is 0.508 e. The fourth-order valence-corrected chi connectivity index (χ4v) is 1.72. The Labute approximate surface area is 110 Å². The van der Waals surface area contributed by atoms with Crippen molar-refractivity contribution in [3.05, 3.63) is 59.2 Å². The third kappa shape index (κ3) is 3.04. The van der Waals surface area contributed by atoms with Gasteiger partial charge in [-0.05, 0) is 18.6 Å². The molecule has 0 heterocycles. The lowest BCUT2D eigenvalue weighted by atomic mass is 10.1. The van der Waals surface area contributed by atoms with Gasteiger partial charge < -0.3 is 14.9 Å². The number of ether oxygens (including phenoxy) is 1. The summed E-state index contributed by atoms with van der Waals surface area (Å²) in [6.07, 6.45) is 0. The van der Waals surface area contributed by atoms with Gasteiger partial charge in [0.05, 0.1) is 5.56 Å². The minimum Gasteiger partial charge on any atom is -0.508 e. The monoisotopic (exact) mass is 258 g/mol. The number of phenols is 1. The molecular weight excluding hydrogens is 244 g/mol. The number of aromatic hydroxyl groups is 1. The average molecular weight is 258 g/mol. The SMILES string of the molecule is Cc1c(O)cc(OCc2ccccc2)cc1C(=O)O. The molecular formula is C15H14O4. The Bertz CT molecular complexity index is 591. The first-order valence-electron chi connectivity index (χ1n) is 5.81. The Morgan fingerprint density at radius 2 is 1.89 bits per heavy atom. The molecule has 0 unspecified atom stereocenters. The van der Waals surface area contributed by atoms with Crippen molar-refractivity contribution in [3.63, 3.8) is 0 Å². The summed E-state index contributed by atoms with van der Waals surface area (Å²) >= 11 is 0. The first kappa shape index (κ1) is 13.0. The van der Waals surface area contributed by atoms with Crippen LogP contribution in [-0.4, -0.2) is 16.2 Å². The van der Waals surface area contributed by atoms with Crippen LogP contribution < -0.4 is 4.74 Å². The van der Waals surface area contributed by atoms with Gasteiger partial charge >= 0.3 is 5.97 Å². The molecule has 0 spiro atoms. The summed E-state index contributed by atoms with van der Waals surface area (Å²) in [6.45, 7) is 1.88. The molecule has 4 nitrogen and oxygen atoms in total. The molecule has 2 aromatic rings. The second-order valence-electron chi connectivity index (χ2n) is 4.19. The second-order valence-corrected chi connectivity index (χ2v) is 4.19. The zero-order valence-corrected chi connectivity index (χ0v) is 10.5. The Morgan fingerprint density at radius 1 is 1.21 bits per heavy atom. The lowest BCUT2D eigenvalue weighted by Crippen LogP contribution is -2.02. The molecule has 2 aromatic carbocycles. The summed E-state index contributed by atoms with van der Waals surface area (Å²) in [4.78, 5) is 11.0. The molecule has 0 radical (unpaired) electrons. The minimum absolute atomic E-state index is 0.0445. The van der Waals surface area contributed by atoms with Gasteiger partial charge in [0.1, 0.15) is 18.1 Å². The van der Waals surface area contributed by atoms with Crippen LogP contribution in [0.3, 0.4) is 0 Å². The van der Waals surface area contributed by atoms with E-state index in [1.165, 1.54) is 12.1 Å². The van der Waals surface area contributed by atoms with Gasteiger partial charge in [-0.2, -0.15) is 0 Å². The quantitative estimate of drug-likeness (QED) is 0.884. The van der Waals surface area contributed by atoms with E-state index in [9.17, 15) is 9.90 Å². The van der Waals surface area contributed by atoms with Gasteiger partial charge in [0, 0.05) is 11.6 Å². The maximum atomic E-state index is 11.0. The highest BCUT2D eigenvalue weighted by Gasteiger charge is 2.13. The van der Waals surface area contributed by atoms with Crippen molar-refractivity contribution in [1.29, 1.82) is 0 Å². The van der Waals surface area contributed by atoms with Gasteiger partial charge in [-0.25, -0.2) is 4.79 Å². The number of hydrogen-bond acceptors (Lipinski definition) is 3. The summed E-state index contributed by atoms with van der Waals surface area (Å²) in [5.41, 5.74) is 1.35. The van der Waals surface area contributed by atoms with Crippen molar-refractivity contribution in [3.8, 4) is 11.5 Å². The summed E-state index contributed by atoms with van der Waals surface area (Å²) < 4.78 is 5.50. The number of carboxylic acids is 1. The summed E-state index contributed by atoms with van der Waals surface area (Å²) in [6, 6.07) is 12.4. The molecule has 98 valence electrons. The topological polar surface area (TPSA) is 66.8 Å². The Hall–Kier alpha value is -2.49. The molecule has 19 heavy (non-hydrogen) atoms. The van der Waals surface area contributed by atoms with Gasteiger partial charge in [0.25, 0.3) is 0 Å². The molecule has 0 saturated heterocycles. The summed E-state index contributed by atoms with van der Waals surface area (Å²) in [7, 11) is 0. The van der Waals surface area contributed by atoms with Crippen LogP contribution in [0.1, 0.15) is 21.5 Å². The molecule has 4 heteroatoms. The number of hydrogen-bond donors (Lipinski definition) is 2. The molecule has 0 aliphatic heterocycles. The number of phenolic OH excluding ortho intramolecular Hbond substituents is 1. The maximum Gasteiger partial charge on any atom is 0.336 e. The van der Waals surface area contributed by atoms with Crippen LogP contribution in [0, 0.1) is 6.92 Å². The molecule has 2 rings (SSSR count). The third-order valence-corrected chi connectivity index (χ3v) is 2.83. The predicted molar refractivity (Wildman–Crippen MR) is 70.6 cm³/mol. The number of aromatic carboxylic acids is 1. The highest BCUT2D eigenvalue weighted by molar-refractivity contribution is 5.90. The highest BCUT2D eigenvalue weighted by atomic mass is 16.5. The fourth-order valence-electron chi connectivity index (χ4n) is 1.72. The molecule has 0 fully saturated rings. The van der Waals surface area contributed by atoms with E-state index >= 15 is 0 Å². The van der Waals surface area contributed by atoms with E-state index < -0.39 is 5.97 Å². The Morgan fingerprint density at radius 3 is 2.53 bits per heavy atom. The predicted octanol–water partition coefficient (Wildman–Crippen LogP) is 2.98. The van der Waals surface area contributed by atoms with E-state index in [0.29, 0.717) is 17.9 Å². The minimum atomic E-state index is -1.09. The van der Waals surface area contributed by atoms with Crippen molar-refractivity contribution in [2.24, 2.45) is 0 Å². The summed E-state index contributed by atoms with van der Waals surface area (Å²) in [5, 5.41) is 18.7. The Balaban J connectivity index is 2.19. The van der Waals surface area contributed by atoms with Crippen LogP contribution in [0.5, 0.6) is 11.5 Å². The van der Waals surface area contributed by atoms with E-state index in [1.807, 2.05) is 30.3 Å². The van der Waals surface area contributed by atoms with Gasteiger partial charge in [-0.1, -0.05) is 30.3 Å². The van der Waals surface area contributed by atoms with Crippen molar-refractivity contribution < 1.29 is 19.7 Å². The number of carboxylic acid groups (broad SMARTS) is 1. The van der Waals surface area contributed by atoms with Gasteiger partial charge in [0.2, 0.25) is 0 Å². The number of rotatable bonds is 4. The van der Waals surface area contributed by atoms with Gasteiger partial charge in [0.15, 0.2) is 0 Å². The molecule has 0 bridgehead atoms. The van der Waals surface area contributed by atoms with E-state index in [-0.39, 0.29) is 11.3 Å². The van der Waals surface area contributed by atoms with Crippen LogP contribution in [0.2, 0.25) is 0 Å². The van der Waals surface area contributed by atoms with Crippen LogP contribution in [-0.2, 0) is 6.61 Å². The second kappa shape index (κ2) is 5.44. The normalized spacial score (nSPS) is 10.2. The fraction of sp³-hybridized carbons (Fsp3) is 0.133. The van der Waals surface area contributed by atoms with E-state index in [1.54, 1.807) is 6.92 Å². The number of carbonyl (C=O) groups is 1. The van der Waals surface area contributed by atoms with Crippen molar-refractivity contribution in [2.45, 2.75) is 13.5 Å². The van der Waals surface area contributed by atoms with Crippen LogP contribution in [0.25, 0.3) is 0 Å². The third-order valence-electron chi connectivity index (χ3n) is 2.83. The first-order chi connectivity index (χ1) is 9.08. The van der Waals surface area contributed by atoms with E-state index in [4.69, 9.17) is 9.84 Å². The summed E-state index contributed by atoms with van der Waals surface area (Å²) in [5.74, 6) is -0.828. The van der Waals surface area contributed by atoms with E-state index in [0.717, 1.165) is 5.56 Å². The van der Waals surface area contributed by atoms with Gasteiger partial charge in [-0.3, -0.25) is 0 Å². The lowest BCUT2D eigenvalue weighted by Gasteiger charge is -2.10. The zero-order chi connectivity index (χ0) is 13.8. The highest BCUT2D eigenvalue weighted by Crippen LogP contribution is 2.27. The van der Waals surface area contributed by atoms with Crippen molar-refractivity contribution >= 4 is 5.97 Å². The van der Waals surface area contributed by atoms with Gasteiger partial charge in [-0.15, -0.1) is 0 Å². The van der Waals surface area contributed by atoms with Crippen LogP contribution >= 0.6 is 0 Å². The smallest absolute Gasteiger partial charge is 0.336 e. The molecule has 0 amide bonds. The molecule has 2 N–H and O–H groups in total. The first-order valence-corrected chi connectivity index (χ1v) is 5.81. The standard InChI is InChI=1S/C15H14O4/c1-10-13(15(17)18)7-12(8-14(10)16)19-9-11-5-3-2-4-6-11/h2-8,16H,9H2,1H3,(H,17,18). The van der Waals surface area contributed by atoms with Crippen molar-refractivity contribution in [1.82, 2.24) is 0 Å². The van der Waals surface area contributed by atoms with E-state index in [2.05, 4.69) is 0 Å². The molecule has 0 saturated carbocycles. The molecule has 0 aromatic heterocycles. The lowest BCUT2D eigenvalue weighted by molar-refractivity contribution is 0.0695. The van der Waals surface area contributed by atoms with Crippen LogP contribution in [0.4, 0.5) is 0 Å². The Kier molecular flexibility index (Phi) is 3.71. The molecule has 0 aliphatic carbocycles.